The fourth-order valence-electron chi connectivity index (χ4n) is 0.743. The molecule has 0 saturated heterocycles. The zero-order chi connectivity index (χ0) is 8.10. The molecule has 0 spiro atoms. The molecule has 0 amide bonds. The number of aryl methyl sites for hydroxylation is 1. The molecule has 0 aliphatic carbocycles. The van der Waals surface area contributed by atoms with Crippen molar-refractivity contribution in [3.05, 3.63) is 35.7 Å². The summed E-state index contributed by atoms with van der Waals surface area (Å²) in [5.41, 5.74) is 2.13. The Labute approximate surface area is 83.9 Å². The van der Waals surface area contributed by atoms with Gasteiger partial charge in [0.05, 0.1) is 5.69 Å². The number of aromatic nitrogens is 1. The first-order valence-electron chi connectivity index (χ1n) is 3.48. The summed E-state index contributed by atoms with van der Waals surface area (Å²) in [6.45, 7) is 2.02. The van der Waals surface area contributed by atoms with E-state index in [2.05, 4.69) is 4.98 Å². The molecule has 0 atom stereocenters. The molecule has 0 N–H and O–H groups in total. The summed E-state index contributed by atoms with van der Waals surface area (Å²) in [7, 11) is 0. The van der Waals surface area contributed by atoms with Crippen LogP contribution in [0.15, 0.2) is 24.4 Å². The fraction of sp³-hybridized carbons (Fsp3) is 0.222. The van der Waals surface area contributed by atoms with E-state index in [1.54, 1.807) is 0 Å². The molecule has 1 aromatic heterocycles. The lowest BCUT2D eigenvalue weighted by molar-refractivity contribution is 1.24. The second-order valence-electron chi connectivity index (χ2n) is 2.32. The van der Waals surface area contributed by atoms with Crippen LogP contribution in [0.2, 0.25) is 0 Å². The molecule has 0 fully saturated rings. The molecule has 1 nitrogen and oxygen atoms in total. The van der Waals surface area contributed by atoms with Crippen molar-refractivity contribution in [2.75, 3.05) is 5.88 Å². The second kappa shape index (κ2) is 6.04. The molecule has 66 valence electrons. The number of alkyl halides is 1. The molecular weight excluding hydrogens is 193 g/mol. The second-order valence-corrected chi connectivity index (χ2v) is 2.63. The highest BCUT2D eigenvalue weighted by atomic mass is 35.5. The average molecular weight is 204 g/mol. The van der Waals surface area contributed by atoms with E-state index in [1.165, 1.54) is 5.56 Å². The summed E-state index contributed by atoms with van der Waals surface area (Å²) < 4.78 is 0. The Morgan fingerprint density at radius 2 is 2.25 bits per heavy atom. The van der Waals surface area contributed by atoms with Gasteiger partial charge in [0.1, 0.15) is 0 Å². The largest absolute Gasteiger partial charge is 0.257 e. The topological polar surface area (TPSA) is 12.9 Å². The molecule has 0 radical (unpaired) electrons. The first kappa shape index (κ1) is 11.5. The molecule has 0 saturated carbocycles. The zero-order valence-electron chi connectivity index (χ0n) is 6.83. The quantitative estimate of drug-likeness (QED) is 0.674. The number of hydrogen-bond donors (Lipinski definition) is 0. The third kappa shape index (κ3) is 3.74. The first-order valence-corrected chi connectivity index (χ1v) is 4.01. The Bertz CT molecular complexity index is 241. The average Bonchev–Trinajstić information content (AvgIpc) is 2.04. The van der Waals surface area contributed by atoms with Crippen LogP contribution in [0.25, 0.3) is 6.08 Å². The van der Waals surface area contributed by atoms with E-state index < -0.39 is 0 Å². The highest BCUT2D eigenvalue weighted by molar-refractivity contribution is 6.19. The smallest absolute Gasteiger partial charge is 0.0627 e. The third-order valence-electron chi connectivity index (χ3n) is 1.31. The fourth-order valence-corrected chi connectivity index (χ4v) is 0.832. The highest BCUT2D eigenvalue weighted by Gasteiger charge is 1.85. The molecular formula is C9H11Cl2N. The minimum absolute atomic E-state index is 0. The van der Waals surface area contributed by atoms with Gasteiger partial charge >= 0.3 is 0 Å². The van der Waals surface area contributed by atoms with E-state index in [-0.39, 0.29) is 12.4 Å². The van der Waals surface area contributed by atoms with Crippen LogP contribution < -0.4 is 0 Å². The first-order chi connectivity index (χ1) is 5.33. The Hall–Kier alpha value is -0.530. The highest BCUT2D eigenvalue weighted by Crippen LogP contribution is 2.00. The molecule has 0 bridgehead atoms. The Morgan fingerprint density at radius 1 is 1.50 bits per heavy atom. The van der Waals surface area contributed by atoms with Crippen molar-refractivity contribution in [3.63, 3.8) is 0 Å². The van der Waals surface area contributed by atoms with Gasteiger partial charge < -0.3 is 0 Å². The SMILES string of the molecule is Cc1ccc(C=CCCl)nc1.Cl. The number of rotatable bonds is 2. The lowest BCUT2D eigenvalue weighted by atomic mass is 10.2. The van der Waals surface area contributed by atoms with Crippen LogP contribution >= 0.6 is 24.0 Å². The zero-order valence-corrected chi connectivity index (χ0v) is 8.40. The maximum atomic E-state index is 5.47. The van der Waals surface area contributed by atoms with Crippen LogP contribution in [-0.2, 0) is 0 Å². The van der Waals surface area contributed by atoms with Gasteiger partial charge in [0.25, 0.3) is 0 Å². The summed E-state index contributed by atoms with van der Waals surface area (Å²) in [4.78, 5) is 4.17. The molecule has 0 aliphatic heterocycles. The number of allylic oxidation sites excluding steroid dienone is 1. The predicted octanol–water partition coefficient (Wildman–Crippen LogP) is 3.06. The minimum Gasteiger partial charge on any atom is -0.257 e. The number of nitrogens with zero attached hydrogens (tertiary/aromatic N) is 1. The molecule has 0 aliphatic rings. The maximum absolute atomic E-state index is 5.47. The molecule has 3 heteroatoms. The van der Waals surface area contributed by atoms with Gasteiger partial charge in [0, 0.05) is 12.1 Å². The Balaban J connectivity index is 0.00000121. The van der Waals surface area contributed by atoms with Crippen LogP contribution in [0.1, 0.15) is 11.3 Å². The van der Waals surface area contributed by atoms with Gasteiger partial charge in [0.2, 0.25) is 0 Å². The molecule has 0 unspecified atom stereocenters. The standard InChI is InChI=1S/C9H10ClN.ClH/c1-8-4-5-9(11-7-8)3-2-6-10;/h2-5,7H,6H2,1H3;1H. The summed E-state index contributed by atoms with van der Waals surface area (Å²) in [6, 6.07) is 4.00. The van der Waals surface area contributed by atoms with Crippen LogP contribution in [-0.4, -0.2) is 10.9 Å². The lowest BCUT2D eigenvalue weighted by Gasteiger charge is -1.92. The van der Waals surface area contributed by atoms with Gasteiger partial charge in [0.15, 0.2) is 0 Å². The van der Waals surface area contributed by atoms with E-state index in [0.29, 0.717) is 5.88 Å². The van der Waals surface area contributed by atoms with E-state index in [0.717, 1.165) is 5.69 Å². The van der Waals surface area contributed by atoms with Crippen molar-refractivity contribution in [1.82, 2.24) is 4.98 Å². The summed E-state index contributed by atoms with van der Waals surface area (Å²) in [5, 5.41) is 0. The molecule has 1 rings (SSSR count). The van der Waals surface area contributed by atoms with Gasteiger partial charge in [-0.2, -0.15) is 0 Å². The molecule has 0 aromatic carbocycles. The Morgan fingerprint density at radius 3 is 2.75 bits per heavy atom. The molecule has 1 aromatic rings. The van der Waals surface area contributed by atoms with Gasteiger partial charge in [-0.05, 0) is 24.6 Å². The summed E-state index contributed by atoms with van der Waals surface area (Å²) in [6.07, 6.45) is 5.62. The van der Waals surface area contributed by atoms with Crippen molar-refractivity contribution < 1.29 is 0 Å². The predicted molar refractivity (Wildman–Crippen MR) is 56.0 cm³/mol. The van der Waals surface area contributed by atoms with Gasteiger partial charge in [-0.25, -0.2) is 0 Å². The van der Waals surface area contributed by atoms with Crippen LogP contribution in [0.4, 0.5) is 0 Å². The van der Waals surface area contributed by atoms with Gasteiger partial charge in [-0.3, -0.25) is 4.98 Å². The van der Waals surface area contributed by atoms with E-state index in [4.69, 9.17) is 11.6 Å². The summed E-state index contributed by atoms with van der Waals surface area (Å²) >= 11 is 5.47. The maximum Gasteiger partial charge on any atom is 0.0627 e. The summed E-state index contributed by atoms with van der Waals surface area (Å²) in [5.74, 6) is 0.537. The van der Waals surface area contributed by atoms with Crippen molar-refractivity contribution in [3.8, 4) is 0 Å². The minimum atomic E-state index is 0. The molecule has 12 heavy (non-hydrogen) atoms. The lowest BCUT2D eigenvalue weighted by Crippen LogP contribution is -1.80. The van der Waals surface area contributed by atoms with Crippen LogP contribution in [0, 0.1) is 6.92 Å². The Kier molecular flexibility index (Phi) is 5.77. The number of pyridine rings is 1. The number of hydrogen-bond acceptors (Lipinski definition) is 1. The van der Waals surface area contributed by atoms with E-state index in [1.807, 2.05) is 37.4 Å². The monoisotopic (exact) mass is 203 g/mol. The van der Waals surface area contributed by atoms with Gasteiger partial charge in [-0.15, -0.1) is 24.0 Å². The van der Waals surface area contributed by atoms with Crippen LogP contribution in [0.5, 0.6) is 0 Å². The van der Waals surface area contributed by atoms with E-state index >= 15 is 0 Å². The third-order valence-corrected chi connectivity index (χ3v) is 1.49. The van der Waals surface area contributed by atoms with Crippen molar-refractivity contribution in [2.45, 2.75) is 6.92 Å². The molecule has 1 heterocycles. The van der Waals surface area contributed by atoms with E-state index in [9.17, 15) is 0 Å². The normalized spacial score (nSPS) is 9.83. The van der Waals surface area contributed by atoms with Crippen molar-refractivity contribution >= 4 is 30.1 Å². The van der Waals surface area contributed by atoms with Gasteiger partial charge in [-0.1, -0.05) is 12.1 Å². The van der Waals surface area contributed by atoms with Crippen molar-refractivity contribution in [1.29, 1.82) is 0 Å². The number of halogens is 2. The van der Waals surface area contributed by atoms with Crippen molar-refractivity contribution in [2.24, 2.45) is 0 Å². The van der Waals surface area contributed by atoms with Crippen LogP contribution in [0.3, 0.4) is 0 Å².